The highest BCUT2D eigenvalue weighted by Gasteiger charge is 2.18. The van der Waals surface area contributed by atoms with E-state index in [0.29, 0.717) is 6.04 Å². The largest absolute Gasteiger partial charge is 0.491 e. The average Bonchev–Trinajstić information content (AvgIpc) is 2.34. The highest BCUT2D eigenvalue weighted by Crippen LogP contribution is 2.30. The van der Waals surface area contributed by atoms with E-state index in [1.165, 1.54) is 30.7 Å². The molecule has 0 N–H and O–H groups in total. The summed E-state index contributed by atoms with van der Waals surface area (Å²) < 4.78 is 8.16. The fourth-order valence-corrected chi connectivity index (χ4v) is 3.23. The molecule has 1 saturated heterocycles. The quantitative estimate of drug-likeness (QED) is 0.751. The summed E-state index contributed by atoms with van der Waals surface area (Å²) in [6, 6.07) is 9.14. The van der Waals surface area contributed by atoms with Crippen LogP contribution in [0.4, 0.5) is 0 Å². The van der Waals surface area contributed by atoms with Gasteiger partial charge in [0.05, 0.1) is 6.10 Å². The van der Waals surface area contributed by atoms with Crippen LogP contribution in [0.15, 0.2) is 29.2 Å². The van der Waals surface area contributed by atoms with Crippen LogP contribution in [0.3, 0.4) is 0 Å². The molecule has 1 atom stereocenters. The molecule has 0 saturated carbocycles. The predicted octanol–water partition coefficient (Wildman–Crippen LogP) is 4.36. The lowest BCUT2D eigenvalue weighted by Crippen LogP contribution is -2.31. The molecule has 100 valence electrons. The summed E-state index contributed by atoms with van der Waals surface area (Å²) in [4.78, 5) is 1.31. The lowest BCUT2D eigenvalue weighted by molar-refractivity contribution is 0.242. The van der Waals surface area contributed by atoms with Crippen LogP contribution in [0.1, 0.15) is 40.0 Å². The minimum atomic E-state index is 0.241. The van der Waals surface area contributed by atoms with Crippen molar-refractivity contribution in [2.24, 2.45) is 0 Å². The minimum Gasteiger partial charge on any atom is -0.491 e. The number of nitrogens with zero attached hydrogens (tertiary/aromatic N) is 1. The van der Waals surface area contributed by atoms with E-state index in [-0.39, 0.29) is 6.10 Å². The second kappa shape index (κ2) is 6.48. The average molecular weight is 265 g/mol. The zero-order valence-electron chi connectivity index (χ0n) is 11.6. The Morgan fingerprint density at radius 1 is 1.22 bits per heavy atom. The molecule has 0 amide bonds. The second-order valence-corrected chi connectivity index (χ2v) is 6.34. The maximum atomic E-state index is 5.66. The molecular weight excluding hydrogens is 242 g/mol. The first-order chi connectivity index (χ1) is 8.65. The van der Waals surface area contributed by atoms with Gasteiger partial charge in [0, 0.05) is 17.5 Å². The third-order valence-electron chi connectivity index (χ3n) is 3.16. The number of hydrogen-bond acceptors (Lipinski definition) is 3. The Bertz CT molecular complexity index is 363. The lowest BCUT2D eigenvalue weighted by atomic mass is 10.1. The molecule has 0 unspecified atom stereocenters. The van der Waals surface area contributed by atoms with Crippen LogP contribution < -0.4 is 4.74 Å². The van der Waals surface area contributed by atoms with E-state index >= 15 is 0 Å². The van der Waals surface area contributed by atoms with Crippen molar-refractivity contribution in [1.82, 2.24) is 4.31 Å². The molecule has 18 heavy (non-hydrogen) atoms. The molecule has 0 bridgehead atoms. The Morgan fingerprint density at radius 2 is 1.94 bits per heavy atom. The molecule has 0 radical (unpaired) electrons. The standard InChI is InChI=1S/C15H23NOS/c1-12(2)17-14-7-9-15(10-8-14)18-16-11-5-4-6-13(16)3/h7-10,12-13H,4-6,11H2,1-3H3/t13-/m1/s1. The van der Waals surface area contributed by atoms with Crippen LogP contribution in [-0.4, -0.2) is 23.0 Å². The molecule has 1 aromatic rings. The van der Waals surface area contributed by atoms with Crippen molar-refractivity contribution < 1.29 is 4.74 Å². The van der Waals surface area contributed by atoms with Gasteiger partial charge in [-0.3, -0.25) is 0 Å². The third kappa shape index (κ3) is 3.92. The predicted molar refractivity (Wildman–Crippen MR) is 78.1 cm³/mol. The molecule has 1 fully saturated rings. The van der Waals surface area contributed by atoms with Crippen molar-refractivity contribution in [2.45, 2.75) is 57.1 Å². The molecule has 0 aromatic heterocycles. The second-order valence-electron chi connectivity index (χ2n) is 5.21. The van der Waals surface area contributed by atoms with E-state index in [1.54, 1.807) is 0 Å². The van der Waals surface area contributed by atoms with E-state index < -0.39 is 0 Å². The first kappa shape index (κ1) is 13.8. The fourth-order valence-electron chi connectivity index (χ4n) is 2.19. The maximum Gasteiger partial charge on any atom is 0.119 e. The van der Waals surface area contributed by atoms with Crippen LogP contribution in [0.25, 0.3) is 0 Å². The van der Waals surface area contributed by atoms with Gasteiger partial charge in [-0.1, -0.05) is 6.42 Å². The Labute approximate surface area is 115 Å². The van der Waals surface area contributed by atoms with E-state index in [4.69, 9.17) is 4.74 Å². The van der Waals surface area contributed by atoms with Crippen LogP contribution >= 0.6 is 11.9 Å². The topological polar surface area (TPSA) is 12.5 Å². The molecule has 1 aromatic carbocycles. The molecule has 0 spiro atoms. The summed E-state index contributed by atoms with van der Waals surface area (Å²) in [5.41, 5.74) is 0. The van der Waals surface area contributed by atoms with Crippen LogP contribution in [0, 0.1) is 0 Å². The maximum absolute atomic E-state index is 5.66. The lowest BCUT2D eigenvalue weighted by Gasteiger charge is -2.31. The first-order valence-electron chi connectivity index (χ1n) is 6.86. The summed E-state index contributed by atoms with van der Waals surface area (Å²) in [7, 11) is 0. The molecule has 3 heteroatoms. The Morgan fingerprint density at radius 3 is 2.56 bits per heavy atom. The van der Waals surface area contributed by atoms with Crippen LogP contribution in [0.2, 0.25) is 0 Å². The van der Waals surface area contributed by atoms with Crippen molar-refractivity contribution in [3.63, 3.8) is 0 Å². The van der Waals surface area contributed by atoms with Crippen molar-refractivity contribution in [1.29, 1.82) is 0 Å². The van der Waals surface area contributed by atoms with Gasteiger partial charge in [-0.2, -0.15) is 0 Å². The summed E-state index contributed by atoms with van der Waals surface area (Å²) in [6.45, 7) is 7.63. The Balaban J connectivity index is 1.93. The van der Waals surface area contributed by atoms with E-state index in [1.807, 2.05) is 11.9 Å². The number of ether oxygens (including phenoxy) is 1. The smallest absolute Gasteiger partial charge is 0.119 e. The first-order valence-corrected chi connectivity index (χ1v) is 7.64. The minimum absolute atomic E-state index is 0.241. The molecule has 1 aliphatic rings. The van der Waals surface area contributed by atoms with Crippen molar-refractivity contribution in [3.05, 3.63) is 24.3 Å². The number of hydrogen-bond donors (Lipinski definition) is 0. The number of benzene rings is 1. The van der Waals surface area contributed by atoms with Gasteiger partial charge in [0.15, 0.2) is 0 Å². The van der Waals surface area contributed by atoms with Crippen LogP contribution in [0.5, 0.6) is 5.75 Å². The number of rotatable bonds is 4. The highest BCUT2D eigenvalue weighted by atomic mass is 32.2. The zero-order chi connectivity index (χ0) is 13.0. The summed E-state index contributed by atoms with van der Waals surface area (Å²) in [5, 5.41) is 0. The molecular formula is C15H23NOS. The zero-order valence-corrected chi connectivity index (χ0v) is 12.4. The van der Waals surface area contributed by atoms with Gasteiger partial charge in [0.2, 0.25) is 0 Å². The van der Waals surface area contributed by atoms with Gasteiger partial charge in [-0.15, -0.1) is 0 Å². The SMILES string of the molecule is CC(C)Oc1ccc(SN2CCCC[C@H]2C)cc1. The molecule has 1 heterocycles. The Kier molecular flexibility index (Phi) is 4.95. The van der Waals surface area contributed by atoms with Crippen LogP contribution in [-0.2, 0) is 0 Å². The van der Waals surface area contributed by atoms with Gasteiger partial charge in [0.1, 0.15) is 5.75 Å². The van der Waals surface area contributed by atoms with Crippen molar-refractivity contribution in [2.75, 3.05) is 6.54 Å². The molecule has 1 aliphatic heterocycles. The van der Waals surface area contributed by atoms with Crippen molar-refractivity contribution in [3.8, 4) is 5.75 Å². The highest BCUT2D eigenvalue weighted by molar-refractivity contribution is 7.97. The molecule has 2 nitrogen and oxygen atoms in total. The summed E-state index contributed by atoms with van der Waals surface area (Å²) in [5.74, 6) is 0.959. The molecule has 2 rings (SSSR count). The van der Waals surface area contributed by atoms with E-state index in [0.717, 1.165) is 5.75 Å². The van der Waals surface area contributed by atoms with Gasteiger partial charge in [0.25, 0.3) is 0 Å². The van der Waals surface area contributed by atoms with E-state index in [2.05, 4.69) is 49.3 Å². The van der Waals surface area contributed by atoms with Gasteiger partial charge in [-0.05, 0) is 69.8 Å². The normalized spacial score (nSPS) is 21.2. The van der Waals surface area contributed by atoms with Gasteiger partial charge >= 0.3 is 0 Å². The van der Waals surface area contributed by atoms with Gasteiger partial charge < -0.3 is 4.74 Å². The van der Waals surface area contributed by atoms with Crippen molar-refractivity contribution >= 4 is 11.9 Å². The summed E-state index contributed by atoms with van der Waals surface area (Å²) >= 11 is 1.88. The number of piperidine rings is 1. The third-order valence-corrected chi connectivity index (χ3v) is 4.42. The van der Waals surface area contributed by atoms with E-state index in [9.17, 15) is 0 Å². The summed E-state index contributed by atoms with van der Waals surface area (Å²) in [6.07, 6.45) is 4.26. The Hall–Kier alpha value is -0.670. The fraction of sp³-hybridized carbons (Fsp3) is 0.600. The molecule has 0 aliphatic carbocycles. The van der Waals surface area contributed by atoms with Gasteiger partial charge in [-0.25, -0.2) is 4.31 Å². The monoisotopic (exact) mass is 265 g/mol.